The zero-order valence-electron chi connectivity index (χ0n) is 7.53. The van der Waals surface area contributed by atoms with Crippen molar-refractivity contribution in [2.24, 2.45) is 0 Å². The summed E-state index contributed by atoms with van der Waals surface area (Å²) < 4.78 is 0. The maximum absolute atomic E-state index is 2.41. The van der Waals surface area contributed by atoms with E-state index < -0.39 is 0 Å². The first-order valence-electron chi connectivity index (χ1n) is 4.69. The molecule has 1 heteroatoms. The lowest BCUT2D eigenvalue weighted by atomic mass is 10.3. The minimum Gasteiger partial charge on any atom is -0.0724 e. The Morgan fingerprint density at radius 3 is 2.58 bits per heavy atom. The number of hydrogen-bond donors (Lipinski definition) is 0. The van der Waals surface area contributed by atoms with Crippen LogP contribution in [0, 0.1) is 0 Å². The Kier molecular flexibility index (Phi) is 2.46. The molecule has 1 aliphatic rings. The van der Waals surface area contributed by atoms with Crippen molar-refractivity contribution < 1.29 is 0 Å². The Morgan fingerprint density at radius 1 is 1.25 bits per heavy atom. The molecule has 2 atom stereocenters. The van der Waals surface area contributed by atoms with Gasteiger partial charge in [0, 0.05) is 0 Å². The van der Waals surface area contributed by atoms with E-state index in [-0.39, 0.29) is 7.92 Å². The maximum atomic E-state index is 2.41. The van der Waals surface area contributed by atoms with Crippen LogP contribution >= 0.6 is 7.92 Å². The smallest absolute Gasteiger partial charge is 0.0197 e. The molecule has 0 bridgehead atoms. The monoisotopic (exact) mass is 178 g/mol. The highest BCUT2D eigenvalue weighted by molar-refractivity contribution is 7.66. The highest BCUT2D eigenvalue weighted by Crippen LogP contribution is 2.48. The fraction of sp³-hybridized carbons (Fsp3) is 0.455. The molecule has 1 fully saturated rings. The molecular formula is C11H15P. The molecule has 1 saturated heterocycles. The topological polar surface area (TPSA) is 0 Å². The van der Waals surface area contributed by atoms with E-state index in [1.807, 2.05) is 0 Å². The van der Waals surface area contributed by atoms with Crippen LogP contribution in [0.15, 0.2) is 30.3 Å². The van der Waals surface area contributed by atoms with Gasteiger partial charge in [0.15, 0.2) is 0 Å². The van der Waals surface area contributed by atoms with Crippen molar-refractivity contribution in [3.8, 4) is 0 Å². The minimum absolute atomic E-state index is 0.199. The fourth-order valence-corrected chi connectivity index (χ4v) is 4.72. The van der Waals surface area contributed by atoms with Crippen molar-refractivity contribution >= 4 is 13.2 Å². The van der Waals surface area contributed by atoms with E-state index in [0.717, 1.165) is 5.66 Å². The van der Waals surface area contributed by atoms with Gasteiger partial charge in [-0.1, -0.05) is 45.2 Å². The number of hydrogen-bond acceptors (Lipinski definition) is 0. The van der Waals surface area contributed by atoms with Crippen LogP contribution in [0.5, 0.6) is 0 Å². The van der Waals surface area contributed by atoms with Crippen molar-refractivity contribution in [2.75, 3.05) is 6.16 Å². The van der Waals surface area contributed by atoms with Crippen LogP contribution in [0.4, 0.5) is 0 Å². The van der Waals surface area contributed by atoms with Gasteiger partial charge in [0.2, 0.25) is 0 Å². The van der Waals surface area contributed by atoms with Crippen LogP contribution in [-0.4, -0.2) is 11.8 Å². The summed E-state index contributed by atoms with van der Waals surface area (Å²) in [7, 11) is 0.199. The average molecular weight is 178 g/mol. The van der Waals surface area contributed by atoms with Crippen molar-refractivity contribution in [3.05, 3.63) is 30.3 Å². The molecule has 0 saturated carbocycles. The highest BCUT2D eigenvalue weighted by Gasteiger charge is 2.23. The van der Waals surface area contributed by atoms with E-state index in [2.05, 4.69) is 37.3 Å². The first-order valence-corrected chi connectivity index (χ1v) is 6.29. The normalized spacial score (nSPS) is 29.1. The summed E-state index contributed by atoms with van der Waals surface area (Å²) in [6.07, 6.45) is 4.35. The summed E-state index contributed by atoms with van der Waals surface area (Å²) in [6, 6.07) is 11.0. The van der Waals surface area contributed by atoms with Gasteiger partial charge in [0.05, 0.1) is 0 Å². The van der Waals surface area contributed by atoms with Gasteiger partial charge < -0.3 is 0 Å². The number of rotatable bonds is 1. The van der Waals surface area contributed by atoms with E-state index in [1.54, 1.807) is 5.30 Å². The third kappa shape index (κ3) is 1.54. The first kappa shape index (κ1) is 8.26. The predicted octanol–water partition coefficient (Wildman–Crippen LogP) is 2.98. The molecule has 0 radical (unpaired) electrons. The molecular weight excluding hydrogens is 163 g/mol. The van der Waals surface area contributed by atoms with Crippen molar-refractivity contribution in [1.29, 1.82) is 0 Å². The van der Waals surface area contributed by atoms with Gasteiger partial charge in [-0.15, -0.1) is 0 Å². The van der Waals surface area contributed by atoms with E-state index >= 15 is 0 Å². The van der Waals surface area contributed by atoms with Gasteiger partial charge >= 0.3 is 0 Å². The van der Waals surface area contributed by atoms with Crippen molar-refractivity contribution in [3.63, 3.8) is 0 Å². The molecule has 1 aromatic rings. The lowest BCUT2D eigenvalue weighted by Crippen LogP contribution is -2.05. The lowest BCUT2D eigenvalue weighted by Gasteiger charge is -2.15. The quantitative estimate of drug-likeness (QED) is 0.580. The second-order valence-corrected chi connectivity index (χ2v) is 6.30. The molecule has 0 aliphatic carbocycles. The molecule has 0 aromatic heterocycles. The fourth-order valence-electron chi connectivity index (χ4n) is 1.94. The predicted molar refractivity (Wildman–Crippen MR) is 56.6 cm³/mol. The molecule has 0 spiro atoms. The summed E-state index contributed by atoms with van der Waals surface area (Å²) in [5.41, 5.74) is 0.961. The van der Waals surface area contributed by atoms with E-state index in [9.17, 15) is 0 Å². The molecule has 0 nitrogen and oxygen atoms in total. The van der Waals surface area contributed by atoms with Gasteiger partial charge in [-0.2, -0.15) is 0 Å². The second-order valence-electron chi connectivity index (χ2n) is 3.52. The molecule has 1 unspecified atom stereocenters. The van der Waals surface area contributed by atoms with Crippen molar-refractivity contribution in [1.82, 2.24) is 0 Å². The lowest BCUT2D eigenvalue weighted by molar-refractivity contribution is 0.836. The molecule has 1 heterocycles. The summed E-state index contributed by atoms with van der Waals surface area (Å²) in [5.74, 6) is 0. The average Bonchev–Trinajstić information content (AvgIpc) is 2.53. The Morgan fingerprint density at radius 2 is 2.00 bits per heavy atom. The van der Waals surface area contributed by atoms with E-state index in [1.165, 1.54) is 19.0 Å². The van der Waals surface area contributed by atoms with Crippen LogP contribution < -0.4 is 5.30 Å². The largest absolute Gasteiger partial charge is 0.0724 e. The minimum atomic E-state index is 0.199. The third-order valence-electron chi connectivity index (χ3n) is 2.64. The first-order chi connectivity index (χ1) is 5.88. The van der Waals surface area contributed by atoms with Gasteiger partial charge in [0.1, 0.15) is 0 Å². The van der Waals surface area contributed by atoms with Crippen molar-refractivity contribution in [2.45, 2.75) is 25.4 Å². The van der Waals surface area contributed by atoms with E-state index in [4.69, 9.17) is 0 Å². The summed E-state index contributed by atoms with van der Waals surface area (Å²) >= 11 is 0. The van der Waals surface area contributed by atoms with Crippen LogP contribution in [0.1, 0.15) is 19.8 Å². The zero-order chi connectivity index (χ0) is 8.39. The molecule has 12 heavy (non-hydrogen) atoms. The Labute approximate surface area is 75.7 Å². The van der Waals surface area contributed by atoms with Crippen LogP contribution in [0.3, 0.4) is 0 Å². The van der Waals surface area contributed by atoms with Gasteiger partial charge in [0.25, 0.3) is 0 Å². The zero-order valence-corrected chi connectivity index (χ0v) is 8.43. The van der Waals surface area contributed by atoms with E-state index in [0.29, 0.717) is 0 Å². The van der Waals surface area contributed by atoms with Gasteiger partial charge in [-0.25, -0.2) is 0 Å². The van der Waals surface area contributed by atoms with Gasteiger partial charge in [-0.05, 0) is 30.0 Å². The highest BCUT2D eigenvalue weighted by atomic mass is 31.1. The second kappa shape index (κ2) is 3.58. The molecule has 0 N–H and O–H groups in total. The Bertz CT molecular complexity index is 242. The maximum Gasteiger partial charge on any atom is -0.0197 e. The molecule has 2 rings (SSSR count). The standard InChI is InChI=1S/C11H15P/c1-10-6-5-9-12(10)11-7-3-2-4-8-11/h2-4,7-8,10H,5-6,9H2,1H3/t10-,12?/m0/s1. The molecule has 0 amide bonds. The SMILES string of the molecule is C[C@H]1CCCP1c1ccccc1. The molecule has 64 valence electrons. The molecule has 1 aliphatic heterocycles. The van der Waals surface area contributed by atoms with Crippen LogP contribution in [-0.2, 0) is 0 Å². The summed E-state index contributed by atoms with van der Waals surface area (Å²) in [4.78, 5) is 0. The van der Waals surface area contributed by atoms with Crippen LogP contribution in [0.25, 0.3) is 0 Å². The van der Waals surface area contributed by atoms with Gasteiger partial charge in [-0.3, -0.25) is 0 Å². The summed E-state index contributed by atoms with van der Waals surface area (Å²) in [6.45, 7) is 2.41. The van der Waals surface area contributed by atoms with Crippen LogP contribution in [0.2, 0.25) is 0 Å². The summed E-state index contributed by atoms with van der Waals surface area (Å²) in [5, 5.41) is 1.61. The molecule has 1 aromatic carbocycles. The Balaban J connectivity index is 2.19. The Hall–Kier alpha value is -0.350. The third-order valence-corrected chi connectivity index (χ3v) is 5.72. The number of benzene rings is 1.